The first-order valence-corrected chi connectivity index (χ1v) is 6.78. The number of halogens is 2. The lowest BCUT2D eigenvalue weighted by Gasteiger charge is -2.13. The van der Waals surface area contributed by atoms with Gasteiger partial charge in [-0.2, -0.15) is 0 Å². The molecule has 0 aliphatic rings. The number of aliphatic hydroxyl groups excluding tert-OH is 1. The Kier molecular flexibility index (Phi) is 5.35. The summed E-state index contributed by atoms with van der Waals surface area (Å²) in [4.78, 5) is 0. The molecule has 0 saturated carbocycles. The number of aromatic nitrogens is 3. The zero-order valence-electron chi connectivity index (χ0n) is 11.8. The second-order valence-corrected chi connectivity index (χ2v) is 4.83. The van der Waals surface area contributed by atoms with Crippen LogP contribution < -0.4 is 5.32 Å². The van der Waals surface area contributed by atoms with E-state index < -0.39 is 11.6 Å². The summed E-state index contributed by atoms with van der Waals surface area (Å²) in [5, 5.41) is 19.9. The molecule has 2 N–H and O–H groups in total. The number of aliphatic hydroxyl groups is 1. The molecule has 0 spiro atoms. The molecule has 0 fully saturated rings. The first-order valence-electron chi connectivity index (χ1n) is 6.78. The summed E-state index contributed by atoms with van der Waals surface area (Å²) in [6.45, 7) is 3.06. The van der Waals surface area contributed by atoms with Crippen LogP contribution in [0.2, 0.25) is 0 Å². The van der Waals surface area contributed by atoms with Crippen molar-refractivity contribution in [2.45, 2.75) is 32.5 Å². The molecule has 2 rings (SSSR count). The Morgan fingerprint density at radius 3 is 2.86 bits per heavy atom. The van der Waals surface area contributed by atoms with E-state index in [9.17, 15) is 8.78 Å². The molecule has 1 heterocycles. The Hall–Kier alpha value is -1.86. The van der Waals surface area contributed by atoms with Crippen LogP contribution in [0.1, 0.15) is 30.6 Å². The van der Waals surface area contributed by atoms with Gasteiger partial charge < -0.3 is 10.4 Å². The summed E-state index contributed by atoms with van der Waals surface area (Å²) >= 11 is 0. The number of hydrogen-bond donors (Lipinski definition) is 2. The van der Waals surface area contributed by atoms with Crippen molar-refractivity contribution in [3.8, 4) is 0 Å². The van der Waals surface area contributed by atoms with E-state index in [0.29, 0.717) is 25.1 Å². The fraction of sp³-hybridized carbons (Fsp3) is 0.429. The van der Waals surface area contributed by atoms with Crippen LogP contribution >= 0.6 is 0 Å². The predicted octanol–water partition coefficient (Wildman–Crippen LogP) is 1.79. The van der Waals surface area contributed by atoms with Crippen LogP contribution in [0.25, 0.3) is 0 Å². The predicted molar refractivity (Wildman–Crippen MR) is 73.3 cm³/mol. The molecule has 1 atom stereocenters. The minimum absolute atomic E-state index is 0.112. The van der Waals surface area contributed by atoms with Gasteiger partial charge in [-0.05, 0) is 31.0 Å². The van der Waals surface area contributed by atoms with Crippen molar-refractivity contribution in [2.75, 3.05) is 6.61 Å². The molecule has 1 unspecified atom stereocenters. The molecule has 2 aromatic rings. The lowest BCUT2D eigenvalue weighted by atomic mass is 10.1. The second-order valence-electron chi connectivity index (χ2n) is 4.83. The molecule has 0 amide bonds. The quantitative estimate of drug-likeness (QED) is 0.817. The van der Waals surface area contributed by atoms with Crippen LogP contribution in [0.5, 0.6) is 0 Å². The molecule has 21 heavy (non-hydrogen) atoms. The molecular weight excluding hydrogens is 278 g/mol. The van der Waals surface area contributed by atoms with Crippen LogP contribution in [0.15, 0.2) is 24.4 Å². The summed E-state index contributed by atoms with van der Waals surface area (Å²) in [7, 11) is 0. The zero-order chi connectivity index (χ0) is 15.2. The van der Waals surface area contributed by atoms with E-state index in [-0.39, 0.29) is 12.6 Å². The minimum atomic E-state index is -0.851. The lowest BCUT2D eigenvalue weighted by molar-refractivity contribution is 0.276. The molecule has 1 aromatic heterocycles. The van der Waals surface area contributed by atoms with Crippen molar-refractivity contribution >= 4 is 0 Å². The molecule has 114 valence electrons. The van der Waals surface area contributed by atoms with Gasteiger partial charge in [0.05, 0.1) is 5.69 Å². The van der Waals surface area contributed by atoms with Crippen LogP contribution in [-0.2, 0) is 13.1 Å². The summed E-state index contributed by atoms with van der Waals surface area (Å²) in [5.74, 6) is -1.70. The zero-order valence-corrected chi connectivity index (χ0v) is 11.8. The van der Waals surface area contributed by atoms with Crippen molar-refractivity contribution in [2.24, 2.45) is 0 Å². The Bertz CT molecular complexity index is 588. The number of hydrogen-bond acceptors (Lipinski definition) is 4. The van der Waals surface area contributed by atoms with Crippen molar-refractivity contribution in [3.63, 3.8) is 0 Å². The number of nitrogens with one attached hydrogen (secondary N) is 1. The van der Waals surface area contributed by atoms with Gasteiger partial charge in [-0.1, -0.05) is 11.3 Å². The van der Waals surface area contributed by atoms with Gasteiger partial charge in [-0.15, -0.1) is 5.10 Å². The summed E-state index contributed by atoms with van der Waals surface area (Å²) in [6, 6.07) is 3.72. The lowest BCUT2D eigenvalue weighted by Crippen LogP contribution is -2.18. The third kappa shape index (κ3) is 4.30. The van der Waals surface area contributed by atoms with E-state index in [0.717, 1.165) is 11.8 Å². The molecule has 5 nitrogen and oxygen atoms in total. The summed E-state index contributed by atoms with van der Waals surface area (Å²) < 4.78 is 27.7. The number of nitrogens with zero attached hydrogens (tertiary/aromatic N) is 3. The molecule has 7 heteroatoms. The fourth-order valence-corrected chi connectivity index (χ4v) is 1.92. The van der Waals surface area contributed by atoms with E-state index in [4.69, 9.17) is 5.11 Å². The van der Waals surface area contributed by atoms with Crippen LogP contribution in [-0.4, -0.2) is 26.7 Å². The smallest absolute Gasteiger partial charge is 0.159 e. The summed E-state index contributed by atoms with van der Waals surface area (Å²) in [6.07, 6.45) is 2.42. The van der Waals surface area contributed by atoms with Crippen molar-refractivity contribution in [3.05, 3.63) is 47.3 Å². The average molecular weight is 296 g/mol. The highest BCUT2D eigenvalue weighted by Gasteiger charge is 2.10. The Balaban J connectivity index is 1.89. The third-order valence-electron chi connectivity index (χ3n) is 3.16. The normalized spacial score (nSPS) is 12.6. The molecule has 0 aliphatic heterocycles. The van der Waals surface area contributed by atoms with E-state index >= 15 is 0 Å². The molecular formula is C14H18F2N4O. The minimum Gasteiger partial charge on any atom is -0.396 e. The Morgan fingerprint density at radius 2 is 2.14 bits per heavy atom. The van der Waals surface area contributed by atoms with Crippen LogP contribution in [0, 0.1) is 11.6 Å². The fourth-order valence-electron chi connectivity index (χ4n) is 1.92. The molecule has 0 bridgehead atoms. The van der Waals surface area contributed by atoms with Gasteiger partial charge in [0.15, 0.2) is 11.6 Å². The Labute approximate surface area is 121 Å². The summed E-state index contributed by atoms with van der Waals surface area (Å²) in [5.41, 5.74) is 1.42. The van der Waals surface area contributed by atoms with Gasteiger partial charge in [-0.25, -0.2) is 8.78 Å². The van der Waals surface area contributed by atoms with E-state index in [1.54, 1.807) is 16.9 Å². The van der Waals surface area contributed by atoms with Crippen molar-refractivity contribution < 1.29 is 13.9 Å². The number of aryl methyl sites for hydroxylation is 1. The standard InChI is InChI=1S/C14H18F2N4O/c1-10(11-3-4-13(15)14(16)7-11)17-8-12-9-20(19-18-12)5-2-6-21/h3-4,7,9-10,17,21H,2,5-6,8H2,1H3. The molecule has 0 aliphatic carbocycles. The number of rotatable bonds is 7. The highest BCUT2D eigenvalue weighted by Crippen LogP contribution is 2.16. The second kappa shape index (κ2) is 7.24. The van der Waals surface area contributed by atoms with Crippen molar-refractivity contribution in [1.29, 1.82) is 0 Å². The largest absolute Gasteiger partial charge is 0.396 e. The van der Waals surface area contributed by atoms with Gasteiger partial charge in [-0.3, -0.25) is 4.68 Å². The third-order valence-corrected chi connectivity index (χ3v) is 3.16. The highest BCUT2D eigenvalue weighted by molar-refractivity contribution is 5.20. The van der Waals surface area contributed by atoms with Gasteiger partial charge >= 0.3 is 0 Å². The molecule has 1 aromatic carbocycles. The first-order chi connectivity index (χ1) is 10.1. The van der Waals surface area contributed by atoms with Gasteiger partial charge in [0.25, 0.3) is 0 Å². The first kappa shape index (κ1) is 15.5. The average Bonchev–Trinajstić information content (AvgIpc) is 2.93. The van der Waals surface area contributed by atoms with Crippen LogP contribution in [0.4, 0.5) is 8.78 Å². The van der Waals surface area contributed by atoms with Crippen molar-refractivity contribution in [1.82, 2.24) is 20.3 Å². The number of benzene rings is 1. The topological polar surface area (TPSA) is 63.0 Å². The maximum Gasteiger partial charge on any atom is 0.159 e. The maximum absolute atomic E-state index is 13.2. The van der Waals surface area contributed by atoms with E-state index in [2.05, 4.69) is 15.6 Å². The van der Waals surface area contributed by atoms with E-state index in [1.165, 1.54) is 6.07 Å². The molecule has 0 saturated heterocycles. The highest BCUT2D eigenvalue weighted by atomic mass is 19.2. The monoisotopic (exact) mass is 296 g/mol. The van der Waals surface area contributed by atoms with Gasteiger partial charge in [0, 0.05) is 31.9 Å². The SMILES string of the molecule is CC(NCc1cn(CCCO)nn1)c1ccc(F)c(F)c1. The molecule has 0 radical (unpaired) electrons. The maximum atomic E-state index is 13.2. The van der Waals surface area contributed by atoms with Crippen LogP contribution in [0.3, 0.4) is 0 Å². The Morgan fingerprint density at radius 1 is 1.33 bits per heavy atom. The van der Waals surface area contributed by atoms with Gasteiger partial charge in [0.2, 0.25) is 0 Å². The van der Waals surface area contributed by atoms with Gasteiger partial charge in [0.1, 0.15) is 0 Å². The van der Waals surface area contributed by atoms with E-state index in [1.807, 2.05) is 6.92 Å².